The van der Waals surface area contributed by atoms with Crippen molar-refractivity contribution in [2.75, 3.05) is 58.7 Å². The van der Waals surface area contributed by atoms with Gasteiger partial charge in [0, 0.05) is 52.0 Å². The number of hydrogen-bond donors (Lipinski definition) is 2. The Hall–Kier alpha value is -1.79. The van der Waals surface area contributed by atoms with E-state index in [4.69, 9.17) is 4.74 Å². The van der Waals surface area contributed by atoms with Crippen LogP contribution in [0.2, 0.25) is 0 Å². The Morgan fingerprint density at radius 3 is 2.62 bits per heavy atom. The number of nitrogens with one attached hydrogen (secondary N) is 2. The van der Waals surface area contributed by atoms with Crippen molar-refractivity contribution < 1.29 is 9.53 Å². The van der Waals surface area contributed by atoms with Crippen molar-refractivity contribution >= 4 is 11.7 Å². The van der Waals surface area contributed by atoms with Crippen LogP contribution in [0.3, 0.4) is 0 Å². The van der Waals surface area contributed by atoms with Crippen LogP contribution < -0.4 is 15.4 Å². The molecule has 6 nitrogen and oxygen atoms in total. The lowest BCUT2D eigenvalue weighted by Crippen LogP contribution is -2.46. The molecule has 0 aromatic heterocycles. The van der Waals surface area contributed by atoms with Crippen molar-refractivity contribution in [1.82, 2.24) is 15.1 Å². The van der Waals surface area contributed by atoms with Crippen molar-refractivity contribution in [2.24, 2.45) is 0 Å². The van der Waals surface area contributed by atoms with E-state index < -0.39 is 0 Å². The summed E-state index contributed by atoms with van der Waals surface area (Å²) in [7, 11) is 3.44. The highest BCUT2D eigenvalue weighted by atomic mass is 16.5. The van der Waals surface area contributed by atoms with Gasteiger partial charge in [0.25, 0.3) is 0 Å². The SMILES string of the molecule is COc1ccc(NC(=O)N(C)CCN2CCNCC2)cc1. The predicted octanol–water partition coefficient (Wildman–Crippen LogP) is 1.06. The summed E-state index contributed by atoms with van der Waals surface area (Å²) < 4.78 is 5.09. The first-order valence-electron chi connectivity index (χ1n) is 7.28. The van der Waals surface area contributed by atoms with Crippen molar-refractivity contribution in [3.63, 3.8) is 0 Å². The van der Waals surface area contributed by atoms with Crippen molar-refractivity contribution in [2.45, 2.75) is 0 Å². The zero-order valence-corrected chi connectivity index (χ0v) is 12.8. The van der Waals surface area contributed by atoms with Crippen LogP contribution in [0.15, 0.2) is 24.3 Å². The van der Waals surface area contributed by atoms with Crippen molar-refractivity contribution in [3.8, 4) is 5.75 Å². The molecule has 1 fully saturated rings. The Labute approximate surface area is 126 Å². The average molecular weight is 292 g/mol. The summed E-state index contributed by atoms with van der Waals surface area (Å²) in [5, 5.41) is 6.20. The molecule has 1 aromatic carbocycles. The fraction of sp³-hybridized carbons (Fsp3) is 0.533. The second kappa shape index (κ2) is 7.85. The summed E-state index contributed by atoms with van der Waals surface area (Å²) in [5.41, 5.74) is 0.773. The van der Waals surface area contributed by atoms with E-state index >= 15 is 0 Å². The third kappa shape index (κ3) is 4.91. The van der Waals surface area contributed by atoms with Crippen LogP contribution >= 0.6 is 0 Å². The molecule has 0 spiro atoms. The van der Waals surface area contributed by atoms with Gasteiger partial charge in [0.1, 0.15) is 5.75 Å². The molecule has 0 unspecified atom stereocenters. The molecule has 1 heterocycles. The van der Waals surface area contributed by atoms with E-state index in [-0.39, 0.29) is 6.03 Å². The van der Waals surface area contributed by atoms with Gasteiger partial charge in [0.15, 0.2) is 0 Å². The average Bonchev–Trinajstić information content (AvgIpc) is 2.54. The van der Waals surface area contributed by atoms with Gasteiger partial charge in [-0.1, -0.05) is 0 Å². The fourth-order valence-corrected chi connectivity index (χ4v) is 2.22. The molecule has 0 radical (unpaired) electrons. The second-order valence-corrected chi connectivity index (χ2v) is 5.17. The molecule has 2 rings (SSSR count). The molecule has 21 heavy (non-hydrogen) atoms. The van der Waals surface area contributed by atoms with Crippen molar-refractivity contribution in [1.29, 1.82) is 0 Å². The number of amides is 2. The number of carbonyl (C=O) groups is 1. The van der Waals surface area contributed by atoms with Gasteiger partial charge in [-0.25, -0.2) is 4.79 Å². The highest BCUT2D eigenvalue weighted by Crippen LogP contribution is 2.15. The quantitative estimate of drug-likeness (QED) is 0.852. The molecule has 0 saturated carbocycles. The third-order valence-corrected chi connectivity index (χ3v) is 3.65. The van der Waals surface area contributed by atoms with E-state index in [9.17, 15) is 4.79 Å². The van der Waals surface area contributed by atoms with Gasteiger partial charge >= 0.3 is 6.03 Å². The number of anilines is 1. The first-order valence-corrected chi connectivity index (χ1v) is 7.28. The van der Waals surface area contributed by atoms with E-state index in [0.29, 0.717) is 0 Å². The Balaban J connectivity index is 1.75. The minimum Gasteiger partial charge on any atom is -0.497 e. The maximum atomic E-state index is 12.1. The lowest BCUT2D eigenvalue weighted by Gasteiger charge is -2.29. The number of urea groups is 1. The summed E-state index contributed by atoms with van der Waals surface area (Å²) in [6, 6.07) is 7.24. The molecule has 2 amide bonds. The molecular formula is C15H24N4O2. The lowest BCUT2D eigenvalue weighted by atomic mass is 10.3. The summed E-state index contributed by atoms with van der Waals surface area (Å²) in [6.07, 6.45) is 0. The number of methoxy groups -OCH3 is 1. The molecule has 6 heteroatoms. The predicted molar refractivity (Wildman–Crippen MR) is 84.0 cm³/mol. The van der Waals surface area contributed by atoms with Crippen LogP contribution in [0.5, 0.6) is 5.75 Å². The molecule has 116 valence electrons. The number of benzene rings is 1. The standard InChI is InChI=1S/C15H24N4O2/c1-18(11-12-19-9-7-16-8-10-19)15(20)17-13-3-5-14(21-2)6-4-13/h3-6,16H,7-12H2,1-2H3,(H,17,20). The summed E-state index contributed by atoms with van der Waals surface area (Å²) in [5.74, 6) is 0.778. The van der Waals surface area contributed by atoms with Crippen LogP contribution in [0.1, 0.15) is 0 Å². The maximum absolute atomic E-state index is 12.1. The minimum atomic E-state index is -0.0877. The van der Waals surface area contributed by atoms with Gasteiger partial charge in [-0.3, -0.25) is 4.90 Å². The van der Waals surface area contributed by atoms with E-state index in [1.54, 1.807) is 12.0 Å². The number of piperazine rings is 1. The monoisotopic (exact) mass is 292 g/mol. The largest absolute Gasteiger partial charge is 0.497 e. The molecule has 1 aromatic rings. The first kappa shape index (κ1) is 15.6. The number of hydrogen-bond acceptors (Lipinski definition) is 4. The maximum Gasteiger partial charge on any atom is 0.321 e. The van der Waals surface area contributed by atoms with Gasteiger partial charge < -0.3 is 20.3 Å². The molecule has 0 atom stereocenters. The van der Waals surface area contributed by atoms with E-state index in [1.807, 2.05) is 31.3 Å². The Morgan fingerprint density at radius 2 is 2.00 bits per heavy atom. The van der Waals surface area contributed by atoms with Gasteiger partial charge in [0.05, 0.1) is 7.11 Å². The highest BCUT2D eigenvalue weighted by molar-refractivity contribution is 5.89. The van der Waals surface area contributed by atoms with E-state index in [1.165, 1.54) is 0 Å². The number of ether oxygens (including phenoxy) is 1. The molecule has 0 aliphatic carbocycles. The molecule has 1 aliphatic rings. The van der Waals surface area contributed by atoms with E-state index in [0.717, 1.165) is 50.7 Å². The molecular weight excluding hydrogens is 268 g/mol. The van der Waals surface area contributed by atoms with Gasteiger partial charge in [-0.15, -0.1) is 0 Å². The van der Waals surface area contributed by atoms with Crippen LogP contribution in [-0.2, 0) is 0 Å². The number of nitrogens with zero attached hydrogens (tertiary/aromatic N) is 2. The normalized spacial score (nSPS) is 15.5. The first-order chi connectivity index (χ1) is 10.2. The summed E-state index contributed by atoms with van der Waals surface area (Å²) in [4.78, 5) is 16.2. The van der Waals surface area contributed by atoms with Crippen LogP contribution in [0.4, 0.5) is 10.5 Å². The number of carbonyl (C=O) groups excluding carboxylic acids is 1. The van der Waals surface area contributed by atoms with Gasteiger partial charge in [0.2, 0.25) is 0 Å². The van der Waals surface area contributed by atoms with Crippen LogP contribution in [-0.4, -0.2) is 69.3 Å². The van der Waals surface area contributed by atoms with Gasteiger partial charge in [-0.05, 0) is 24.3 Å². The van der Waals surface area contributed by atoms with Crippen LogP contribution in [0, 0.1) is 0 Å². The number of likely N-dealkylation sites (N-methyl/N-ethyl adjacent to an activating group) is 1. The minimum absolute atomic E-state index is 0.0877. The molecule has 1 aliphatic heterocycles. The zero-order chi connectivity index (χ0) is 15.1. The van der Waals surface area contributed by atoms with Gasteiger partial charge in [-0.2, -0.15) is 0 Å². The third-order valence-electron chi connectivity index (χ3n) is 3.65. The Morgan fingerprint density at radius 1 is 1.33 bits per heavy atom. The van der Waals surface area contributed by atoms with Crippen molar-refractivity contribution in [3.05, 3.63) is 24.3 Å². The highest BCUT2D eigenvalue weighted by Gasteiger charge is 2.13. The smallest absolute Gasteiger partial charge is 0.321 e. The second-order valence-electron chi connectivity index (χ2n) is 5.17. The van der Waals surface area contributed by atoms with E-state index in [2.05, 4.69) is 15.5 Å². The summed E-state index contributed by atoms with van der Waals surface area (Å²) in [6.45, 7) is 5.79. The zero-order valence-electron chi connectivity index (χ0n) is 12.8. The lowest BCUT2D eigenvalue weighted by molar-refractivity contribution is 0.197. The topological polar surface area (TPSA) is 56.8 Å². The fourth-order valence-electron chi connectivity index (χ4n) is 2.22. The van der Waals surface area contributed by atoms with Crippen LogP contribution in [0.25, 0.3) is 0 Å². The summed E-state index contributed by atoms with van der Waals surface area (Å²) >= 11 is 0. The molecule has 0 bridgehead atoms. The molecule has 1 saturated heterocycles. The number of rotatable bonds is 5. The Bertz CT molecular complexity index is 443. The molecule has 2 N–H and O–H groups in total. The Kier molecular flexibility index (Phi) is 5.83.